The molecule has 0 radical (unpaired) electrons. The molecule has 0 aliphatic rings. The van der Waals surface area contributed by atoms with Crippen molar-refractivity contribution in [3.05, 3.63) is 71.3 Å². The van der Waals surface area contributed by atoms with Crippen molar-refractivity contribution in [2.45, 2.75) is 6.92 Å². The second-order valence-corrected chi connectivity index (χ2v) is 6.61. The van der Waals surface area contributed by atoms with Gasteiger partial charge in [0.05, 0.1) is 11.1 Å². The van der Waals surface area contributed by atoms with Crippen LogP contribution in [0, 0.1) is 6.92 Å². The zero-order valence-electron chi connectivity index (χ0n) is 13.4. The number of thiophene rings is 1. The van der Waals surface area contributed by atoms with Gasteiger partial charge in [-0.2, -0.15) is 0 Å². The van der Waals surface area contributed by atoms with Crippen molar-refractivity contribution in [3.63, 3.8) is 0 Å². The van der Waals surface area contributed by atoms with Gasteiger partial charge in [0, 0.05) is 4.88 Å². The fourth-order valence-electron chi connectivity index (χ4n) is 2.41. The van der Waals surface area contributed by atoms with Gasteiger partial charge in [0.25, 0.3) is 11.8 Å². The minimum absolute atomic E-state index is 0.122. The molecule has 6 heteroatoms. The average molecular weight is 352 g/mol. The molecule has 1 heterocycles. The molecule has 3 rings (SSSR count). The number of amides is 2. The molecule has 126 valence electrons. The number of anilines is 1. The molecule has 0 atom stereocenters. The number of hydrogen-bond donors (Lipinski definition) is 3. The van der Waals surface area contributed by atoms with E-state index in [0.29, 0.717) is 5.00 Å². The molecule has 1 aromatic heterocycles. The average Bonchev–Trinajstić information content (AvgIpc) is 3.02. The van der Waals surface area contributed by atoms with Crippen molar-refractivity contribution in [2.75, 3.05) is 5.32 Å². The Morgan fingerprint density at radius 1 is 1.04 bits per heavy atom. The minimum Gasteiger partial charge on any atom is -0.507 e. The zero-order chi connectivity index (χ0) is 18.0. The topological polar surface area (TPSA) is 92.4 Å². The van der Waals surface area contributed by atoms with Gasteiger partial charge >= 0.3 is 0 Å². The molecule has 2 aromatic carbocycles. The predicted molar refractivity (Wildman–Crippen MR) is 99.1 cm³/mol. The largest absolute Gasteiger partial charge is 0.507 e. The summed E-state index contributed by atoms with van der Waals surface area (Å²) in [5, 5.41) is 12.9. The highest BCUT2D eigenvalue weighted by Gasteiger charge is 2.19. The Morgan fingerprint density at radius 3 is 2.44 bits per heavy atom. The Bertz CT molecular complexity index is 949. The summed E-state index contributed by atoms with van der Waals surface area (Å²) in [4.78, 5) is 25.0. The molecule has 0 unspecified atom stereocenters. The van der Waals surface area contributed by atoms with Gasteiger partial charge < -0.3 is 16.2 Å². The molecule has 3 aromatic rings. The second-order valence-electron chi connectivity index (χ2n) is 5.56. The van der Waals surface area contributed by atoms with Crippen LogP contribution < -0.4 is 11.1 Å². The molecule has 0 saturated carbocycles. The Morgan fingerprint density at radius 2 is 1.76 bits per heavy atom. The number of phenols is 1. The highest BCUT2D eigenvalue weighted by atomic mass is 32.1. The van der Waals surface area contributed by atoms with Crippen LogP contribution in [0.25, 0.3) is 10.4 Å². The van der Waals surface area contributed by atoms with Crippen molar-refractivity contribution in [3.8, 4) is 16.2 Å². The van der Waals surface area contributed by atoms with Gasteiger partial charge in [0.15, 0.2) is 0 Å². The van der Waals surface area contributed by atoms with Crippen molar-refractivity contribution < 1.29 is 14.7 Å². The first-order chi connectivity index (χ1) is 12.0. The van der Waals surface area contributed by atoms with E-state index in [4.69, 9.17) is 5.73 Å². The Hall–Kier alpha value is -3.12. The maximum atomic E-state index is 12.5. The lowest BCUT2D eigenvalue weighted by molar-refractivity contribution is 0.100. The summed E-state index contributed by atoms with van der Waals surface area (Å²) in [7, 11) is 0. The summed E-state index contributed by atoms with van der Waals surface area (Å²) >= 11 is 1.26. The van der Waals surface area contributed by atoms with E-state index in [9.17, 15) is 14.7 Å². The van der Waals surface area contributed by atoms with Gasteiger partial charge in [-0.15, -0.1) is 11.3 Å². The Labute approximate surface area is 148 Å². The number of nitrogens with one attached hydrogen (secondary N) is 1. The maximum Gasteiger partial charge on any atom is 0.260 e. The number of nitrogens with two attached hydrogens (primary N) is 1. The van der Waals surface area contributed by atoms with Crippen LogP contribution in [0.5, 0.6) is 5.75 Å². The van der Waals surface area contributed by atoms with Gasteiger partial charge in [-0.1, -0.05) is 42.0 Å². The van der Waals surface area contributed by atoms with E-state index in [2.05, 4.69) is 5.32 Å². The Balaban J connectivity index is 1.96. The van der Waals surface area contributed by atoms with Crippen LogP contribution in [0.15, 0.2) is 54.6 Å². The number of aryl methyl sites for hydroxylation is 1. The standard InChI is InChI=1S/C19H16N2O3S/c1-11-7-8-15(22)13(9-11)18(24)21-19-14(17(20)23)10-16(25-19)12-5-3-2-4-6-12/h2-10,22H,1H3,(H2,20,23)(H,21,24). The molecular weight excluding hydrogens is 336 g/mol. The number of carbonyl (C=O) groups is 2. The molecule has 5 nitrogen and oxygen atoms in total. The van der Waals surface area contributed by atoms with Crippen molar-refractivity contribution >= 4 is 28.2 Å². The summed E-state index contributed by atoms with van der Waals surface area (Å²) in [6.45, 7) is 1.82. The third-order valence-corrected chi connectivity index (χ3v) is 4.78. The second kappa shape index (κ2) is 6.78. The van der Waals surface area contributed by atoms with Crippen LogP contribution >= 0.6 is 11.3 Å². The molecule has 0 spiro atoms. The van der Waals surface area contributed by atoms with E-state index < -0.39 is 11.8 Å². The summed E-state index contributed by atoms with van der Waals surface area (Å²) in [6.07, 6.45) is 0. The fourth-order valence-corrected chi connectivity index (χ4v) is 3.48. The van der Waals surface area contributed by atoms with Gasteiger partial charge in [-0.25, -0.2) is 0 Å². The van der Waals surface area contributed by atoms with E-state index in [1.54, 1.807) is 18.2 Å². The van der Waals surface area contributed by atoms with Crippen LogP contribution in [0.3, 0.4) is 0 Å². The van der Waals surface area contributed by atoms with Crippen molar-refractivity contribution in [1.29, 1.82) is 0 Å². The summed E-state index contributed by atoms with van der Waals surface area (Å²) in [5.41, 5.74) is 7.59. The van der Waals surface area contributed by atoms with E-state index in [1.807, 2.05) is 37.3 Å². The quantitative estimate of drug-likeness (QED) is 0.667. The van der Waals surface area contributed by atoms with Crippen molar-refractivity contribution in [1.82, 2.24) is 0 Å². The van der Waals surface area contributed by atoms with E-state index in [-0.39, 0.29) is 16.9 Å². The first kappa shape index (κ1) is 16.7. The molecule has 25 heavy (non-hydrogen) atoms. The molecule has 0 aliphatic carbocycles. The monoisotopic (exact) mass is 352 g/mol. The van der Waals surface area contributed by atoms with Crippen LogP contribution in [-0.2, 0) is 0 Å². The number of hydrogen-bond acceptors (Lipinski definition) is 4. The van der Waals surface area contributed by atoms with Crippen LogP contribution in [-0.4, -0.2) is 16.9 Å². The molecule has 0 bridgehead atoms. The number of primary amides is 1. The number of rotatable bonds is 4. The fraction of sp³-hybridized carbons (Fsp3) is 0.0526. The highest BCUT2D eigenvalue weighted by molar-refractivity contribution is 7.20. The summed E-state index contributed by atoms with van der Waals surface area (Å²) < 4.78 is 0. The van der Waals surface area contributed by atoms with Gasteiger partial charge in [-0.05, 0) is 30.7 Å². The van der Waals surface area contributed by atoms with Crippen LogP contribution in [0.1, 0.15) is 26.3 Å². The third kappa shape index (κ3) is 3.54. The summed E-state index contributed by atoms with van der Waals surface area (Å²) in [6, 6.07) is 15.9. The lowest BCUT2D eigenvalue weighted by Crippen LogP contribution is -2.16. The van der Waals surface area contributed by atoms with Crippen LogP contribution in [0.2, 0.25) is 0 Å². The Kier molecular flexibility index (Phi) is 4.54. The third-order valence-electron chi connectivity index (χ3n) is 3.68. The number of aromatic hydroxyl groups is 1. The maximum absolute atomic E-state index is 12.5. The smallest absolute Gasteiger partial charge is 0.260 e. The molecular formula is C19H16N2O3S. The lowest BCUT2D eigenvalue weighted by atomic mass is 10.1. The SMILES string of the molecule is Cc1ccc(O)c(C(=O)Nc2sc(-c3ccccc3)cc2C(N)=O)c1. The van der Waals surface area contributed by atoms with Crippen molar-refractivity contribution in [2.24, 2.45) is 5.73 Å². The highest BCUT2D eigenvalue weighted by Crippen LogP contribution is 2.35. The molecule has 4 N–H and O–H groups in total. The number of carbonyl (C=O) groups excluding carboxylic acids is 2. The normalized spacial score (nSPS) is 10.4. The lowest BCUT2D eigenvalue weighted by Gasteiger charge is -2.07. The van der Waals surface area contributed by atoms with E-state index in [1.165, 1.54) is 17.4 Å². The first-order valence-electron chi connectivity index (χ1n) is 7.55. The minimum atomic E-state index is -0.623. The van der Waals surface area contributed by atoms with Gasteiger partial charge in [0.1, 0.15) is 10.8 Å². The van der Waals surface area contributed by atoms with E-state index >= 15 is 0 Å². The zero-order valence-corrected chi connectivity index (χ0v) is 14.3. The molecule has 0 fully saturated rings. The van der Waals surface area contributed by atoms with Crippen LogP contribution in [0.4, 0.5) is 5.00 Å². The number of benzene rings is 2. The molecule has 2 amide bonds. The summed E-state index contributed by atoms with van der Waals surface area (Å²) in [5.74, 6) is -1.24. The predicted octanol–water partition coefficient (Wildman–Crippen LogP) is 3.78. The molecule has 0 aliphatic heterocycles. The van der Waals surface area contributed by atoms with Gasteiger partial charge in [-0.3, -0.25) is 9.59 Å². The van der Waals surface area contributed by atoms with E-state index in [0.717, 1.165) is 16.0 Å². The first-order valence-corrected chi connectivity index (χ1v) is 8.37. The van der Waals surface area contributed by atoms with Gasteiger partial charge in [0.2, 0.25) is 0 Å². The molecule has 0 saturated heterocycles. The number of phenolic OH excluding ortho intramolecular Hbond substituents is 1.